The van der Waals surface area contributed by atoms with E-state index in [2.05, 4.69) is 65.6 Å². The van der Waals surface area contributed by atoms with Gasteiger partial charge in [-0.15, -0.1) is 0 Å². The topological polar surface area (TPSA) is 8.81 Å². The second kappa shape index (κ2) is 17.7. The SMILES string of the molecule is C=Cc1ccccc1C[n+]1ccn(CCCCCCCCCCCCCCCCCC)c1. The first-order valence-corrected chi connectivity index (χ1v) is 13.6. The van der Waals surface area contributed by atoms with Crippen LogP contribution in [0.15, 0.2) is 49.6 Å². The maximum absolute atomic E-state index is 3.93. The highest BCUT2D eigenvalue weighted by molar-refractivity contribution is 5.51. The fourth-order valence-corrected chi connectivity index (χ4v) is 4.58. The smallest absolute Gasteiger partial charge is 0.237 e. The lowest BCUT2D eigenvalue weighted by atomic mass is 10.0. The van der Waals surface area contributed by atoms with E-state index in [-0.39, 0.29) is 0 Å². The van der Waals surface area contributed by atoms with E-state index < -0.39 is 0 Å². The van der Waals surface area contributed by atoms with Crippen molar-refractivity contribution in [1.29, 1.82) is 0 Å². The Bertz CT molecular complexity index is 715. The molecule has 1 heterocycles. The normalized spacial score (nSPS) is 11.2. The fraction of sp³-hybridized carbons (Fsp3) is 0.633. The van der Waals surface area contributed by atoms with Gasteiger partial charge in [-0.3, -0.25) is 0 Å². The fourth-order valence-electron chi connectivity index (χ4n) is 4.58. The Labute approximate surface area is 198 Å². The molecule has 2 aromatic rings. The van der Waals surface area contributed by atoms with Crippen LogP contribution in [0.4, 0.5) is 0 Å². The van der Waals surface area contributed by atoms with Crippen LogP contribution < -0.4 is 4.57 Å². The monoisotopic (exact) mass is 437 g/mol. The molecule has 0 atom stereocenters. The van der Waals surface area contributed by atoms with E-state index in [1.54, 1.807) is 0 Å². The van der Waals surface area contributed by atoms with Crippen molar-refractivity contribution in [2.24, 2.45) is 0 Å². The van der Waals surface area contributed by atoms with E-state index in [0.717, 1.165) is 13.1 Å². The maximum Gasteiger partial charge on any atom is 0.244 e. The van der Waals surface area contributed by atoms with Gasteiger partial charge in [0.15, 0.2) is 0 Å². The molecule has 2 nitrogen and oxygen atoms in total. The Morgan fingerprint density at radius 3 is 1.84 bits per heavy atom. The number of aryl methyl sites for hydroxylation is 1. The van der Waals surface area contributed by atoms with E-state index >= 15 is 0 Å². The van der Waals surface area contributed by atoms with Gasteiger partial charge in [-0.2, -0.15) is 0 Å². The van der Waals surface area contributed by atoms with Crippen molar-refractivity contribution >= 4 is 6.08 Å². The van der Waals surface area contributed by atoms with Gasteiger partial charge in [0.2, 0.25) is 6.33 Å². The molecule has 0 radical (unpaired) electrons. The third-order valence-corrected chi connectivity index (χ3v) is 6.64. The van der Waals surface area contributed by atoms with Gasteiger partial charge < -0.3 is 0 Å². The average molecular weight is 438 g/mol. The molecule has 1 aromatic heterocycles. The minimum atomic E-state index is 0.911. The Morgan fingerprint density at radius 1 is 0.750 bits per heavy atom. The van der Waals surface area contributed by atoms with Crippen molar-refractivity contribution in [2.75, 3.05) is 0 Å². The van der Waals surface area contributed by atoms with Crippen LogP contribution in [0.25, 0.3) is 6.08 Å². The van der Waals surface area contributed by atoms with Crippen molar-refractivity contribution in [2.45, 2.75) is 123 Å². The van der Waals surface area contributed by atoms with Gasteiger partial charge in [0.05, 0.1) is 6.54 Å². The number of rotatable bonds is 20. The first-order valence-electron chi connectivity index (χ1n) is 13.6. The Morgan fingerprint density at radius 2 is 1.28 bits per heavy atom. The molecule has 0 aliphatic rings. The zero-order valence-electron chi connectivity index (χ0n) is 20.9. The Kier molecular flexibility index (Phi) is 14.6. The molecule has 0 spiro atoms. The van der Waals surface area contributed by atoms with Gasteiger partial charge in [-0.25, -0.2) is 9.13 Å². The molecule has 0 aliphatic heterocycles. The second-order valence-electron chi connectivity index (χ2n) is 9.53. The zero-order valence-corrected chi connectivity index (χ0v) is 20.9. The van der Waals surface area contributed by atoms with Crippen LogP contribution in [-0.2, 0) is 13.1 Å². The summed E-state index contributed by atoms with van der Waals surface area (Å²) in [6, 6.07) is 8.51. The molecule has 0 unspecified atom stereocenters. The third-order valence-electron chi connectivity index (χ3n) is 6.64. The number of hydrogen-bond acceptors (Lipinski definition) is 0. The zero-order chi connectivity index (χ0) is 22.7. The summed E-state index contributed by atoms with van der Waals surface area (Å²) in [5.74, 6) is 0. The van der Waals surface area contributed by atoms with Crippen LogP contribution in [0, 0.1) is 0 Å². The molecule has 0 bridgehead atoms. The molecule has 0 fully saturated rings. The predicted octanol–water partition coefficient (Wildman–Crippen LogP) is 8.73. The molecule has 178 valence electrons. The van der Waals surface area contributed by atoms with Crippen molar-refractivity contribution in [1.82, 2.24) is 4.57 Å². The van der Waals surface area contributed by atoms with Crippen LogP contribution in [0.3, 0.4) is 0 Å². The molecule has 0 aliphatic carbocycles. The molecule has 1 aromatic carbocycles. The molecule has 0 N–H and O–H groups in total. The van der Waals surface area contributed by atoms with E-state index in [0.29, 0.717) is 0 Å². The predicted molar refractivity (Wildman–Crippen MR) is 140 cm³/mol. The summed E-state index contributed by atoms with van der Waals surface area (Å²) in [5.41, 5.74) is 2.55. The highest BCUT2D eigenvalue weighted by Crippen LogP contribution is 2.14. The molecule has 32 heavy (non-hydrogen) atoms. The van der Waals surface area contributed by atoms with Gasteiger partial charge in [-0.05, 0) is 18.4 Å². The number of nitrogens with zero attached hydrogens (tertiary/aromatic N) is 2. The van der Waals surface area contributed by atoms with E-state index in [1.165, 1.54) is 114 Å². The summed E-state index contributed by atoms with van der Waals surface area (Å²) < 4.78 is 4.61. The van der Waals surface area contributed by atoms with Gasteiger partial charge in [0, 0.05) is 5.56 Å². The van der Waals surface area contributed by atoms with Crippen LogP contribution in [0.2, 0.25) is 0 Å². The Hall–Kier alpha value is -1.83. The standard InChI is InChI=1S/C30H49N2/c1-3-5-6-7-8-9-10-11-12-13-14-15-16-17-18-21-24-31-25-26-32(28-31)27-30-23-20-19-22-29(30)4-2/h4,19-20,22-23,25-26,28H,2-3,5-18,21,24,27H2,1H3/q+1. The van der Waals surface area contributed by atoms with Gasteiger partial charge in [-0.1, -0.05) is 134 Å². The van der Waals surface area contributed by atoms with Crippen molar-refractivity contribution < 1.29 is 4.57 Å². The maximum atomic E-state index is 3.93. The minimum absolute atomic E-state index is 0.911. The number of imidazole rings is 1. The number of aromatic nitrogens is 2. The summed E-state index contributed by atoms with van der Waals surface area (Å²) >= 11 is 0. The summed E-state index contributed by atoms with van der Waals surface area (Å²) in [5, 5.41) is 0. The lowest BCUT2D eigenvalue weighted by Gasteiger charge is -2.03. The van der Waals surface area contributed by atoms with Gasteiger partial charge in [0.1, 0.15) is 18.9 Å². The lowest BCUT2D eigenvalue weighted by molar-refractivity contribution is -0.687. The molecule has 0 amide bonds. The van der Waals surface area contributed by atoms with E-state index in [1.807, 2.05) is 6.08 Å². The van der Waals surface area contributed by atoms with Crippen molar-refractivity contribution in [3.63, 3.8) is 0 Å². The summed E-state index contributed by atoms with van der Waals surface area (Å²) in [6.45, 7) is 8.27. The van der Waals surface area contributed by atoms with Crippen LogP contribution >= 0.6 is 0 Å². The lowest BCUT2D eigenvalue weighted by Crippen LogP contribution is -2.32. The first-order chi connectivity index (χ1) is 15.8. The summed E-state index contributed by atoms with van der Waals surface area (Å²) in [4.78, 5) is 0. The number of unbranched alkanes of at least 4 members (excludes halogenated alkanes) is 15. The van der Waals surface area contributed by atoms with Crippen LogP contribution in [0.5, 0.6) is 0 Å². The summed E-state index contributed by atoms with van der Waals surface area (Å²) in [7, 11) is 0. The highest BCUT2D eigenvalue weighted by atomic mass is 15.1. The second-order valence-corrected chi connectivity index (χ2v) is 9.53. The van der Waals surface area contributed by atoms with Crippen LogP contribution in [0.1, 0.15) is 121 Å². The number of benzene rings is 1. The quantitative estimate of drug-likeness (QED) is 0.145. The summed E-state index contributed by atoms with van der Waals surface area (Å²) in [6.07, 6.45) is 31.4. The average Bonchev–Trinajstić information content (AvgIpc) is 3.26. The van der Waals surface area contributed by atoms with Gasteiger partial charge in [0.25, 0.3) is 0 Å². The third kappa shape index (κ3) is 11.7. The van der Waals surface area contributed by atoms with Crippen molar-refractivity contribution in [3.8, 4) is 0 Å². The molecule has 0 saturated heterocycles. The Balaban J connectivity index is 1.41. The van der Waals surface area contributed by atoms with Crippen LogP contribution in [-0.4, -0.2) is 4.57 Å². The number of hydrogen-bond donors (Lipinski definition) is 0. The molecular weight excluding hydrogens is 388 g/mol. The largest absolute Gasteiger partial charge is 0.244 e. The molecule has 0 saturated carbocycles. The molecule has 2 rings (SSSR count). The minimum Gasteiger partial charge on any atom is -0.237 e. The van der Waals surface area contributed by atoms with E-state index in [4.69, 9.17) is 0 Å². The van der Waals surface area contributed by atoms with E-state index in [9.17, 15) is 0 Å². The van der Waals surface area contributed by atoms with Crippen molar-refractivity contribution in [3.05, 3.63) is 60.7 Å². The first kappa shape index (κ1) is 26.4. The van der Waals surface area contributed by atoms with Gasteiger partial charge >= 0.3 is 0 Å². The molecule has 2 heteroatoms. The molecular formula is C30H49N2+. The highest BCUT2D eigenvalue weighted by Gasteiger charge is 2.06.